The zero-order chi connectivity index (χ0) is 16.6. The van der Waals surface area contributed by atoms with Crippen molar-refractivity contribution in [1.82, 2.24) is 10.2 Å². The topological polar surface area (TPSA) is 58.6 Å². The Hall–Kier alpha value is -2.02. The SMILES string of the molecule is CNC(=O)[C@@H]1CN(C(=O)[C@H]2C[C@H]2c2ccc(F)c(F)c2)CCO1. The van der Waals surface area contributed by atoms with Crippen LogP contribution in [0.2, 0.25) is 0 Å². The van der Waals surface area contributed by atoms with Crippen molar-refractivity contribution in [2.75, 3.05) is 26.7 Å². The van der Waals surface area contributed by atoms with Crippen molar-refractivity contribution in [3.8, 4) is 0 Å². The van der Waals surface area contributed by atoms with Crippen LogP contribution in [-0.4, -0.2) is 49.6 Å². The van der Waals surface area contributed by atoms with Crippen molar-refractivity contribution in [2.24, 2.45) is 5.92 Å². The Morgan fingerprint density at radius 2 is 2.09 bits per heavy atom. The highest BCUT2D eigenvalue weighted by atomic mass is 19.2. The molecule has 0 radical (unpaired) electrons. The van der Waals surface area contributed by atoms with Gasteiger partial charge in [0.05, 0.1) is 13.2 Å². The summed E-state index contributed by atoms with van der Waals surface area (Å²) in [4.78, 5) is 25.8. The maximum atomic E-state index is 13.3. The van der Waals surface area contributed by atoms with E-state index in [0.29, 0.717) is 25.1 Å². The first kappa shape index (κ1) is 15.9. The second-order valence-electron chi connectivity index (χ2n) is 5.88. The largest absolute Gasteiger partial charge is 0.365 e. The highest BCUT2D eigenvalue weighted by molar-refractivity contribution is 5.85. The third-order valence-corrected chi connectivity index (χ3v) is 4.40. The molecule has 2 fully saturated rings. The molecule has 2 aliphatic rings. The van der Waals surface area contributed by atoms with E-state index in [1.807, 2.05) is 0 Å². The lowest BCUT2D eigenvalue weighted by Crippen LogP contribution is -2.51. The highest BCUT2D eigenvalue weighted by Crippen LogP contribution is 2.48. The van der Waals surface area contributed by atoms with E-state index in [4.69, 9.17) is 4.74 Å². The molecule has 0 aromatic heterocycles. The molecule has 2 amide bonds. The Morgan fingerprint density at radius 1 is 1.30 bits per heavy atom. The number of halogens is 2. The molecule has 7 heteroatoms. The van der Waals surface area contributed by atoms with Gasteiger partial charge in [0.1, 0.15) is 0 Å². The number of rotatable bonds is 3. The minimum Gasteiger partial charge on any atom is -0.365 e. The Balaban J connectivity index is 1.63. The summed E-state index contributed by atoms with van der Waals surface area (Å²) in [6.07, 6.45) is -0.0375. The van der Waals surface area contributed by atoms with Crippen LogP contribution in [-0.2, 0) is 14.3 Å². The van der Waals surface area contributed by atoms with Crippen molar-refractivity contribution < 1.29 is 23.1 Å². The fraction of sp³-hybridized carbons (Fsp3) is 0.500. The molecule has 1 heterocycles. The number of likely N-dealkylation sites (N-methyl/N-ethyl adjacent to an activating group) is 1. The Bertz CT molecular complexity index is 638. The van der Waals surface area contributed by atoms with E-state index in [1.54, 1.807) is 4.90 Å². The third kappa shape index (κ3) is 3.19. The van der Waals surface area contributed by atoms with E-state index in [0.717, 1.165) is 12.1 Å². The predicted molar refractivity (Wildman–Crippen MR) is 77.6 cm³/mol. The van der Waals surface area contributed by atoms with Gasteiger partial charge in [-0.3, -0.25) is 9.59 Å². The van der Waals surface area contributed by atoms with Crippen LogP contribution in [0.5, 0.6) is 0 Å². The molecular formula is C16H18F2N2O3. The van der Waals surface area contributed by atoms with Crippen molar-refractivity contribution in [3.63, 3.8) is 0 Å². The van der Waals surface area contributed by atoms with Crippen molar-refractivity contribution >= 4 is 11.8 Å². The number of carbonyl (C=O) groups excluding carboxylic acids is 2. The summed E-state index contributed by atoms with van der Waals surface area (Å²) in [6.45, 7) is 0.971. The number of morpholine rings is 1. The first-order valence-corrected chi connectivity index (χ1v) is 7.58. The molecule has 23 heavy (non-hydrogen) atoms. The van der Waals surface area contributed by atoms with E-state index in [1.165, 1.54) is 13.1 Å². The Labute approximate surface area is 132 Å². The number of benzene rings is 1. The molecule has 1 aromatic carbocycles. The number of carbonyl (C=O) groups is 2. The first-order valence-electron chi connectivity index (χ1n) is 7.58. The highest BCUT2D eigenvalue weighted by Gasteiger charge is 2.47. The Morgan fingerprint density at radius 3 is 2.78 bits per heavy atom. The number of ether oxygens (including phenoxy) is 1. The van der Waals surface area contributed by atoms with Crippen LogP contribution in [0, 0.1) is 17.6 Å². The molecule has 0 bridgehead atoms. The zero-order valence-corrected chi connectivity index (χ0v) is 12.7. The lowest BCUT2D eigenvalue weighted by molar-refractivity contribution is -0.147. The molecule has 1 saturated heterocycles. The van der Waals surface area contributed by atoms with Gasteiger partial charge in [0.2, 0.25) is 5.91 Å². The summed E-state index contributed by atoms with van der Waals surface area (Å²) >= 11 is 0. The monoisotopic (exact) mass is 324 g/mol. The van der Waals surface area contributed by atoms with Crippen LogP contribution < -0.4 is 5.32 Å². The molecule has 0 unspecified atom stereocenters. The van der Waals surface area contributed by atoms with Gasteiger partial charge in [0.25, 0.3) is 5.91 Å². The molecular weight excluding hydrogens is 306 g/mol. The van der Waals surface area contributed by atoms with Crippen LogP contribution in [0.25, 0.3) is 0 Å². The number of hydrogen-bond acceptors (Lipinski definition) is 3. The average Bonchev–Trinajstić information content (AvgIpc) is 3.36. The zero-order valence-electron chi connectivity index (χ0n) is 12.7. The van der Waals surface area contributed by atoms with E-state index in [9.17, 15) is 18.4 Å². The number of hydrogen-bond donors (Lipinski definition) is 1. The van der Waals surface area contributed by atoms with Gasteiger partial charge in [-0.2, -0.15) is 0 Å². The molecule has 1 aliphatic carbocycles. The summed E-state index contributed by atoms with van der Waals surface area (Å²) in [5.74, 6) is -2.42. The molecule has 1 aliphatic heterocycles. The summed E-state index contributed by atoms with van der Waals surface area (Å²) in [7, 11) is 1.52. The van der Waals surface area contributed by atoms with Gasteiger partial charge in [-0.15, -0.1) is 0 Å². The second-order valence-corrected chi connectivity index (χ2v) is 5.88. The average molecular weight is 324 g/mol. The summed E-state index contributed by atoms with van der Waals surface area (Å²) in [5, 5.41) is 2.51. The molecule has 3 rings (SSSR count). The van der Waals surface area contributed by atoms with Crippen LogP contribution in [0.3, 0.4) is 0 Å². The normalized spacial score (nSPS) is 26.7. The van der Waals surface area contributed by atoms with Gasteiger partial charge in [-0.1, -0.05) is 6.07 Å². The molecule has 124 valence electrons. The predicted octanol–water partition coefficient (Wildman–Crippen LogP) is 1.04. The van der Waals surface area contributed by atoms with Crippen LogP contribution >= 0.6 is 0 Å². The minimum atomic E-state index is -0.897. The minimum absolute atomic E-state index is 0.0584. The van der Waals surface area contributed by atoms with Gasteiger partial charge >= 0.3 is 0 Å². The first-order chi connectivity index (χ1) is 11.0. The van der Waals surface area contributed by atoms with Gasteiger partial charge < -0.3 is 15.0 Å². The van der Waals surface area contributed by atoms with E-state index in [2.05, 4.69) is 5.32 Å². The van der Waals surface area contributed by atoms with Crippen molar-refractivity contribution in [3.05, 3.63) is 35.4 Å². The summed E-state index contributed by atoms with van der Waals surface area (Å²) in [5.41, 5.74) is 0.637. The molecule has 5 nitrogen and oxygen atoms in total. The number of nitrogens with one attached hydrogen (secondary N) is 1. The fourth-order valence-corrected chi connectivity index (χ4v) is 2.98. The van der Waals surface area contributed by atoms with E-state index in [-0.39, 0.29) is 30.2 Å². The maximum absolute atomic E-state index is 13.3. The van der Waals surface area contributed by atoms with E-state index >= 15 is 0 Å². The lowest BCUT2D eigenvalue weighted by atomic mass is 10.1. The van der Waals surface area contributed by atoms with Crippen LogP contribution in [0.4, 0.5) is 8.78 Å². The number of amides is 2. The smallest absolute Gasteiger partial charge is 0.250 e. The van der Waals surface area contributed by atoms with Crippen molar-refractivity contribution in [1.29, 1.82) is 0 Å². The van der Waals surface area contributed by atoms with Gasteiger partial charge in [0, 0.05) is 19.5 Å². The summed E-state index contributed by atoms with van der Waals surface area (Å²) < 4.78 is 31.6. The quantitative estimate of drug-likeness (QED) is 0.904. The Kier molecular flexibility index (Phi) is 4.30. The fourth-order valence-electron chi connectivity index (χ4n) is 2.98. The molecule has 3 atom stereocenters. The molecule has 1 aromatic rings. The molecule has 1 saturated carbocycles. The number of nitrogens with zero attached hydrogens (tertiary/aromatic N) is 1. The van der Waals surface area contributed by atoms with Crippen molar-refractivity contribution in [2.45, 2.75) is 18.4 Å². The lowest BCUT2D eigenvalue weighted by Gasteiger charge is -2.32. The van der Waals surface area contributed by atoms with Crippen LogP contribution in [0.1, 0.15) is 17.9 Å². The summed E-state index contributed by atoms with van der Waals surface area (Å²) in [6, 6.07) is 3.75. The van der Waals surface area contributed by atoms with Gasteiger partial charge in [-0.05, 0) is 30.0 Å². The molecule has 0 spiro atoms. The van der Waals surface area contributed by atoms with Crippen LogP contribution in [0.15, 0.2) is 18.2 Å². The second kappa shape index (κ2) is 6.23. The van der Waals surface area contributed by atoms with Gasteiger partial charge in [-0.25, -0.2) is 8.78 Å². The van der Waals surface area contributed by atoms with E-state index < -0.39 is 17.7 Å². The maximum Gasteiger partial charge on any atom is 0.250 e. The third-order valence-electron chi connectivity index (χ3n) is 4.40. The molecule has 1 N–H and O–H groups in total. The standard InChI is InChI=1S/C16H18F2N2O3/c1-19-15(21)14-8-20(4-5-23-14)16(22)11-7-10(11)9-2-3-12(17)13(18)6-9/h2-3,6,10-11,14H,4-5,7-8H2,1H3,(H,19,21)/t10-,11-,14-/m0/s1. The van der Waals surface area contributed by atoms with Gasteiger partial charge in [0.15, 0.2) is 17.7 Å².